The summed E-state index contributed by atoms with van der Waals surface area (Å²) >= 11 is 0. The van der Waals surface area contributed by atoms with E-state index in [9.17, 15) is 29.1 Å². The first-order valence-corrected chi connectivity index (χ1v) is 9.88. The number of nitrogens with zero attached hydrogens (tertiary/aromatic N) is 1. The maximum absolute atomic E-state index is 13.1. The molecule has 0 unspecified atom stereocenters. The Labute approximate surface area is 174 Å². The van der Waals surface area contributed by atoms with Crippen molar-refractivity contribution in [3.05, 3.63) is 22.6 Å². The van der Waals surface area contributed by atoms with Gasteiger partial charge in [-0.25, -0.2) is 9.59 Å². The minimum absolute atomic E-state index is 0.0152. The van der Waals surface area contributed by atoms with E-state index >= 15 is 0 Å². The maximum atomic E-state index is 13.1. The number of hydrogen-bond donors (Lipinski definition) is 2. The summed E-state index contributed by atoms with van der Waals surface area (Å²) in [5.41, 5.74) is -1.88. The van der Waals surface area contributed by atoms with Crippen molar-refractivity contribution in [1.82, 2.24) is 10.2 Å². The van der Waals surface area contributed by atoms with Crippen LogP contribution in [0.15, 0.2) is 22.6 Å². The number of carbonyl (C=O) groups is 5. The van der Waals surface area contributed by atoms with Gasteiger partial charge in [0.15, 0.2) is 0 Å². The molecule has 0 aromatic carbocycles. The van der Waals surface area contributed by atoms with E-state index in [-0.39, 0.29) is 26.1 Å². The number of aliphatic hydroxyl groups excluding tert-OH is 1. The van der Waals surface area contributed by atoms with Crippen molar-refractivity contribution >= 4 is 29.7 Å². The number of rotatable bonds is 9. The van der Waals surface area contributed by atoms with E-state index in [1.807, 2.05) is 0 Å². The summed E-state index contributed by atoms with van der Waals surface area (Å²) in [6, 6.07) is 0. The average Bonchev–Trinajstić information content (AvgIpc) is 2.78. The van der Waals surface area contributed by atoms with E-state index < -0.39 is 58.8 Å². The summed E-state index contributed by atoms with van der Waals surface area (Å²) in [6.45, 7) is 5.68. The zero-order valence-electron chi connectivity index (χ0n) is 17.7. The molecule has 0 aromatic rings. The summed E-state index contributed by atoms with van der Waals surface area (Å²) in [5, 5.41) is 12.9. The largest absolute Gasteiger partial charge is 0.509 e. The molecular weight excluding hydrogens is 396 g/mol. The fraction of sp³-hybridized carbons (Fsp3) is 0.550. The van der Waals surface area contributed by atoms with Gasteiger partial charge in [0.25, 0.3) is 5.91 Å². The highest BCUT2D eigenvalue weighted by Crippen LogP contribution is 2.26. The Kier molecular flexibility index (Phi) is 9.73. The molecule has 0 bridgehead atoms. The van der Waals surface area contributed by atoms with Gasteiger partial charge in [0.2, 0.25) is 11.8 Å². The minimum Gasteiger partial charge on any atom is -0.509 e. The Hall–Kier alpha value is -3.17. The molecule has 0 aromatic heterocycles. The molecule has 1 heterocycles. The second-order valence-corrected chi connectivity index (χ2v) is 6.35. The molecule has 10 nitrogen and oxygen atoms in total. The summed E-state index contributed by atoms with van der Waals surface area (Å²) in [5.74, 6) is -5.17. The second-order valence-electron chi connectivity index (χ2n) is 6.35. The number of aliphatic hydroxyl groups is 1. The fourth-order valence-corrected chi connectivity index (χ4v) is 2.74. The number of esters is 2. The van der Waals surface area contributed by atoms with Crippen molar-refractivity contribution in [1.29, 1.82) is 0 Å². The van der Waals surface area contributed by atoms with Crippen LogP contribution in [0.3, 0.4) is 0 Å². The van der Waals surface area contributed by atoms with Crippen LogP contribution in [0.2, 0.25) is 0 Å². The Morgan fingerprint density at radius 1 is 0.933 bits per heavy atom. The van der Waals surface area contributed by atoms with E-state index in [2.05, 4.69) is 5.32 Å². The summed E-state index contributed by atoms with van der Waals surface area (Å²) in [4.78, 5) is 63.7. The van der Waals surface area contributed by atoms with Crippen LogP contribution in [0.4, 0.5) is 0 Å². The highest BCUT2D eigenvalue weighted by atomic mass is 16.5. The second kappa shape index (κ2) is 11.7. The highest BCUT2D eigenvalue weighted by molar-refractivity contribution is 6.17. The lowest BCUT2D eigenvalue weighted by Gasteiger charge is -2.20. The highest BCUT2D eigenvalue weighted by Gasteiger charge is 2.40. The first-order valence-electron chi connectivity index (χ1n) is 9.88. The normalized spacial score (nSPS) is 14.4. The molecule has 0 saturated heterocycles. The number of amides is 3. The zero-order chi connectivity index (χ0) is 22.8. The van der Waals surface area contributed by atoms with Crippen LogP contribution in [0.1, 0.15) is 53.4 Å². The number of hydrogen-bond acceptors (Lipinski definition) is 8. The Morgan fingerprint density at radius 3 is 1.97 bits per heavy atom. The van der Waals surface area contributed by atoms with Gasteiger partial charge in [0.05, 0.1) is 19.8 Å². The predicted octanol–water partition coefficient (Wildman–Crippen LogP) is 1.26. The molecule has 0 saturated carbocycles. The molecule has 30 heavy (non-hydrogen) atoms. The molecule has 2 N–H and O–H groups in total. The van der Waals surface area contributed by atoms with Crippen molar-refractivity contribution in [3.8, 4) is 0 Å². The Balaban J connectivity index is 3.77. The number of carbonyl (C=O) groups excluding carboxylic acids is 5. The zero-order valence-corrected chi connectivity index (χ0v) is 17.7. The van der Waals surface area contributed by atoms with Crippen LogP contribution in [0, 0.1) is 0 Å². The van der Waals surface area contributed by atoms with E-state index in [0.717, 1.165) is 0 Å². The first kappa shape index (κ1) is 24.9. The van der Waals surface area contributed by atoms with Gasteiger partial charge in [-0.15, -0.1) is 0 Å². The molecule has 0 radical (unpaired) electrons. The topological polar surface area (TPSA) is 139 Å². The molecule has 0 spiro atoms. The third-order valence-corrected chi connectivity index (χ3v) is 4.02. The van der Waals surface area contributed by atoms with Crippen LogP contribution in [0.25, 0.3) is 0 Å². The molecule has 0 aliphatic carbocycles. The smallest absolute Gasteiger partial charge is 0.342 e. The Morgan fingerprint density at radius 2 is 1.47 bits per heavy atom. The van der Waals surface area contributed by atoms with Crippen molar-refractivity contribution in [2.45, 2.75) is 53.4 Å². The molecular formula is C20H28N2O8. The van der Waals surface area contributed by atoms with Gasteiger partial charge in [-0.3, -0.25) is 19.3 Å². The van der Waals surface area contributed by atoms with Crippen LogP contribution in [0.5, 0.6) is 0 Å². The number of imide groups is 1. The lowest BCUT2D eigenvalue weighted by Crippen LogP contribution is -2.43. The average molecular weight is 424 g/mol. The maximum Gasteiger partial charge on any atom is 0.342 e. The molecule has 166 valence electrons. The number of nitrogens with one attached hydrogen (secondary N) is 1. The van der Waals surface area contributed by atoms with Crippen molar-refractivity contribution in [2.24, 2.45) is 0 Å². The number of ether oxygens (including phenoxy) is 2. The SMILES string of the molecule is CCCC(=O)NC1=C(C(=O)OCC)C(C(=O)OCC)=C(O)CN(C(=O)CCC)C1=O. The summed E-state index contributed by atoms with van der Waals surface area (Å²) in [6.07, 6.45) is 0.884. The third kappa shape index (κ3) is 5.91. The quantitative estimate of drug-likeness (QED) is 0.528. The van der Waals surface area contributed by atoms with E-state index in [0.29, 0.717) is 17.7 Å². The van der Waals surface area contributed by atoms with E-state index in [4.69, 9.17) is 9.47 Å². The van der Waals surface area contributed by atoms with Gasteiger partial charge < -0.3 is 19.9 Å². The Bertz CT molecular complexity index is 782. The standard InChI is InChI=1S/C20H28N2O8/c1-5-9-13(24)21-17-16(20(28)30-8-4)15(19(27)29-7-3)12(23)11-22(18(17)26)14(25)10-6-2/h23H,5-11H2,1-4H3,(H,21,24). The molecule has 1 rings (SSSR count). The van der Waals surface area contributed by atoms with Gasteiger partial charge in [0, 0.05) is 12.8 Å². The lowest BCUT2D eigenvalue weighted by atomic mass is 10.0. The van der Waals surface area contributed by atoms with Gasteiger partial charge in [0.1, 0.15) is 22.6 Å². The fourth-order valence-electron chi connectivity index (χ4n) is 2.74. The van der Waals surface area contributed by atoms with Crippen molar-refractivity contribution < 1.29 is 38.6 Å². The molecule has 10 heteroatoms. The molecule has 1 aliphatic rings. The third-order valence-electron chi connectivity index (χ3n) is 4.02. The van der Waals surface area contributed by atoms with Gasteiger partial charge in [-0.1, -0.05) is 13.8 Å². The summed E-state index contributed by atoms with van der Waals surface area (Å²) in [7, 11) is 0. The minimum atomic E-state index is -1.11. The van der Waals surface area contributed by atoms with E-state index in [1.54, 1.807) is 13.8 Å². The van der Waals surface area contributed by atoms with Crippen LogP contribution in [-0.2, 0) is 33.4 Å². The van der Waals surface area contributed by atoms with Crippen LogP contribution < -0.4 is 5.32 Å². The molecule has 0 fully saturated rings. The van der Waals surface area contributed by atoms with Gasteiger partial charge in [-0.2, -0.15) is 0 Å². The monoisotopic (exact) mass is 424 g/mol. The van der Waals surface area contributed by atoms with E-state index in [1.165, 1.54) is 13.8 Å². The first-order chi connectivity index (χ1) is 14.2. The van der Waals surface area contributed by atoms with Crippen molar-refractivity contribution in [3.63, 3.8) is 0 Å². The van der Waals surface area contributed by atoms with Gasteiger partial charge >= 0.3 is 11.9 Å². The summed E-state index contributed by atoms with van der Waals surface area (Å²) < 4.78 is 9.87. The molecule has 0 atom stereocenters. The van der Waals surface area contributed by atoms with Gasteiger partial charge in [-0.05, 0) is 26.7 Å². The van der Waals surface area contributed by atoms with Crippen LogP contribution in [-0.4, -0.2) is 59.4 Å². The van der Waals surface area contributed by atoms with Crippen molar-refractivity contribution in [2.75, 3.05) is 19.8 Å². The lowest BCUT2D eigenvalue weighted by molar-refractivity contribution is -0.144. The van der Waals surface area contributed by atoms with Crippen LogP contribution >= 0.6 is 0 Å². The predicted molar refractivity (Wildman–Crippen MR) is 105 cm³/mol. The molecule has 1 aliphatic heterocycles. The molecule has 3 amide bonds.